The van der Waals surface area contributed by atoms with E-state index >= 15 is 0 Å². The SMILES string of the molecule is O=C(NC[C@H]1CCCO1)C(=O)N/N=C\c1c2ccccc2cc2ccccc12. The molecule has 0 saturated carbocycles. The standard InChI is InChI=1S/C22H21N3O3/c26-21(23-13-17-8-5-11-28-17)22(27)25-24-14-20-18-9-3-1-6-15(18)12-16-7-2-4-10-19(16)20/h1-4,6-7,9-10,12,14,17H,5,8,11,13H2,(H,23,26)(H,25,27)/b24-14-/t17-/m1/s1. The van der Waals surface area contributed by atoms with Crippen LogP contribution in [0.25, 0.3) is 21.5 Å². The minimum absolute atomic E-state index is 0.0118. The second-order valence-electron chi connectivity index (χ2n) is 6.78. The van der Waals surface area contributed by atoms with Crippen LogP contribution in [0.3, 0.4) is 0 Å². The highest BCUT2D eigenvalue weighted by molar-refractivity contribution is 6.35. The lowest BCUT2D eigenvalue weighted by Gasteiger charge is -2.10. The molecular weight excluding hydrogens is 354 g/mol. The van der Waals surface area contributed by atoms with Gasteiger partial charge in [0.05, 0.1) is 12.3 Å². The van der Waals surface area contributed by atoms with Crippen LogP contribution in [0.5, 0.6) is 0 Å². The van der Waals surface area contributed by atoms with Crippen molar-refractivity contribution >= 4 is 39.6 Å². The molecule has 142 valence electrons. The number of nitrogens with zero attached hydrogens (tertiary/aromatic N) is 1. The van der Waals surface area contributed by atoms with Gasteiger partial charge in [-0.3, -0.25) is 9.59 Å². The molecule has 0 radical (unpaired) electrons. The number of hydrazone groups is 1. The van der Waals surface area contributed by atoms with Gasteiger partial charge in [0.25, 0.3) is 0 Å². The van der Waals surface area contributed by atoms with Gasteiger partial charge in [0, 0.05) is 18.7 Å². The van der Waals surface area contributed by atoms with E-state index in [0.29, 0.717) is 13.2 Å². The summed E-state index contributed by atoms with van der Waals surface area (Å²) in [5, 5.41) is 10.8. The van der Waals surface area contributed by atoms with Crippen LogP contribution in [0.1, 0.15) is 18.4 Å². The normalized spacial score (nSPS) is 16.6. The van der Waals surface area contributed by atoms with Gasteiger partial charge in [0.2, 0.25) is 0 Å². The molecule has 1 saturated heterocycles. The van der Waals surface area contributed by atoms with Crippen LogP contribution in [0.2, 0.25) is 0 Å². The topological polar surface area (TPSA) is 79.8 Å². The molecule has 2 amide bonds. The number of ether oxygens (including phenoxy) is 1. The summed E-state index contributed by atoms with van der Waals surface area (Å²) >= 11 is 0. The monoisotopic (exact) mass is 375 g/mol. The third-order valence-corrected chi connectivity index (χ3v) is 4.89. The highest BCUT2D eigenvalue weighted by atomic mass is 16.5. The summed E-state index contributed by atoms with van der Waals surface area (Å²) in [5.41, 5.74) is 3.21. The van der Waals surface area contributed by atoms with Crippen molar-refractivity contribution in [3.8, 4) is 0 Å². The first-order valence-electron chi connectivity index (χ1n) is 9.36. The molecule has 1 aliphatic heterocycles. The van der Waals surface area contributed by atoms with Gasteiger partial charge in [-0.1, -0.05) is 48.5 Å². The molecule has 4 rings (SSSR count). The Bertz CT molecular complexity index is 1000. The molecule has 1 aliphatic rings. The zero-order chi connectivity index (χ0) is 19.3. The van der Waals surface area contributed by atoms with Crippen molar-refractivity contribution in [2.45, 2.75) is 18.9 Å². The second kappa shape index (κ2) is 8.19. The lowest BCUT2D eigenvalue weighted by molar-refractivity contribution is -0.139. The van der Waals surface area contributed by atoms with Gasteiger partial charge in [0.1, 0.15) is 0 Å². The second-order valence-corrected chi connectivity index (χ2v) is 6.78. The average molecular weight is 375 g/mol. The van der Waals surface area contributed by atoms with E-state index in [9.17, 15) is 9.59 Å². The number of fused-ring (bicyclic) bond motifs is 2. The first kappa shape index (κ1) is 18.1. The number of carbonyl (C=O) groups excluding carboxylic acids is 2. The summed E-state index contributed by atoms with van der Waals surface area (Å²) in [6.07, 6.45) is 3.46. The number of amides is 2. The van der Waals surface area contributed by atoms with Crippen molar-refractivity contribution in [2.75, 3.05) is 13.2 Å². The molecule has 3 aromatic carbocycles. The Morgan fingerprint density at radius 1 is 1.04 bits per heavy atom. The van der Waals surface area contributed by atoms with Gasteiger partial charge in [-0.2, -0.15) is 5.10 Å². The summed E-state index contributed by atoms with van der Waals surface area (Å²) in [6, 6.07) is 18.1. The zero-order valence-corrected chi connectivity index (χ0v) is 15.4. The quantitative estimate of drug-likeness (QED) is 0.318. The molecule has 0 aromatic heterocycles. The Balaban J connectivity index is 1.49. The van der Waals surface area contributed by atoms with Crippen LogP contribution in [0, 0.1) is 0 Å². The summed E-state index contributed by atoms with van der Waals surface area (Å²) in [7, 11) is 0. The van der Waals surface area contributed by atoms with Crippen LogP contribution in [0.15, 0.2) is 59.7 Å². The largest absolute Gasteiger partial charge is 0.376 e. The van der Waals surface area contributed by atoms with Gasteiger partial charge in [-0.25, -0.2) is 5.43 Å². The summed E-state index contributed by atoms with van der Waals surface area (Å²) in [6.45, 7) is 1.04. The van der Waals surface area contributed by atoms with Crippen LogP contribution in [0.4, 0.5) is 0 Å². The lowest BCUT2D eigenvalue weighted by Crippen LogP contribution is -2.41. The smallest absolute Gasteiger partial charge is 0.329 e. The first-order valence-corrected chi connectivity index (χ1v) is 9.36. The number of hydrogen-bond acceptors (Lipinski definition) is 4. The lowest BCUT2D eigenvalue weighted by atomic mass is 9.97. The van der Waals surface area contributed by atoms with E-state index in [1.54, 1.807) is 6.21 Å². The van der Waals surface area contributed by atoms with E-state index in [1.807, 2.05) is 48.5 Å². The van der Waals surface area contributed by atoms with Crippen LogP contribution in [-0.2, 0) is 14.3 Å². The molecule has 0 unspecified atom stereocenters. The predicted octanol–water partition coefficient (Wildman–Crippen LogP) is 2.74. The highest BCUT2D eigenvalue weighted by Gasteiger charge is 2.19. The Kier molecular flexibility index (Phi) is 5.30. The van der Waals surface area contributed by atoms with E-state index in [-0.39, 0.29) is 6.10 Å². The van der Waals surface area contributed by atoms with Crippen molar-refractivity contribution in [1.82, 2.24) is 10.7 Å². The maximum absolute atomic E-state index is 12.0. The molecule has 1 fully saturated rings. The molecule has 6 heteroatoms. The number of benzene rings is 3. The fourth-order valence-corrected chi connectivity index (χ4v) is 3.49. The summed E-state index contributed by atoms with van der Waals surface area (Å²) in [4.78, 5) is 23.9. The van der Waals surface area contributed by atoms with Crippen LogP contribution >= 0.6 is 0 Å². The predicted molar refractivity (Wildman–Crippen MR) is 109 cm³/mol. The van der Waals surface area contributed by atoms with Gasteiger partial charge in [-0.15, -0.1) is 0 Å². The fraction of sp³-hybridized carbons (Fsp3) is 0.227. The molecule has 3 aromatic rings. The molecule has 6 nitrogen and oxygen atoms in total. The third kappa shape index (κ3) is 3.87. The Morgan fingerprint density at radius 2 is 1.71 bits per heavy atom. The fourth-order valence-electron chi connectivity index (χ4n) is 3.49. The number of nitrogens with one attached hydrogen (secondary N) is 2. The Morgan fingerprint density at radius 3 is 2.36 bits per heavy atom. The summed E-state index contributed by atoms with van der Waals surface area (Å²) < 4.78 is 5.43. The molecule has 0 bridgehead atoms. The van der Waals surface area contributed by atoms with E-state index < -0.39 is 11.8 Å². The number of rotatable bonds is 4. The van der Waals surface area contributed by atoms with Gasteiger partial charge < -0.3 is 10.1 Å². The van der Waals surface area contributed by atoms with Crippen molar-refractivity contribution in [1.29, 1.82) is 0 Å². The maximum Gasteiger partial charge on any atom is 0.329 e. The van der Waals surface area contributed by atoms with E-state index in [2.05, 4.69) is 21.9 Å². The van der Waals surface area contributed by atoms with Crippen molar-refractivity contribution < 1.29 is 14.3 Å². The van der Waals surface area contributed by atoms with E-state index in [0.717, 1.165) is 39.9 Å². The third-order valence-electron chi connectivity index (χ3n) is 4.89. The van der Waals surface area contributed by atoms with E-state index in [1.165, 1.54) is 0 Å². The molecular formula is C22H21N3O3. The van der Waals surface area contributed by atoms with Gasteiger partial charge in [0.15, 0.2) is 0 Å². The molecule has 0 aliphatic carbocycles. The van der Waals surface area contributed by atoms with Crippen molar-refractivity contribution in [3.05, 3.63) is 60.2 Å². The first-order chi connectivity index (χ1) is 13.7. The average Bonchev–Trinajstić information content (AvgIpc) is 3.25. The van der Waals surface area contributed by atoms with E-state index in [4.69, 9.17) is 4.74 Å². The molecule has 2 N–H and O–H groups in total. The van der Waals surface area contributed by atoms with Crippen LogP contribution in [-0.4, -0.2) is 37.3 Å². The van der Waals surface area contributed by atoms with Gasteiger partial charge in [-0.05, 0) is 40.5 Å². The molecule has 0 spiro atoms. The zero-order valence-electron chi connectivity index (χ0n) is 15.4. The Labute approximate surface area is 162 Å². The number of hydrogen-bond donors (Lipinski definition) is 2. The minimum Gasteiger partial charge on any atom is -0.376 e. The van der Waals surface area contributed by atoms with Gasteiger partial charge >= 0.3 is 11.8 Å². The van der Waals surface area contributed by atoms with Crippen molar-refractivity contribution in [2.24, 2.45) is 5.10 Å². The number of carbonyl (C=O) groups is 2. The van der Waals surface area contributed by atoms with Crippen molar-refractivity contribution in [3.63, 3.8) is 0 Å². The van der Waals surface area contributed by atoms with Crippen LogP contribution < -0.4 is 10.7 Å². The molecule has 28 heavy (non-hydrogen) atoms. The minimum atomic E-state index is -0.793. The Hall–Kier alpha value is -3.25. The maximum atomic E-state index is 12.0. The molecule has 1 heterocycles. The molecule has 1 atom stereocenters. The highest BCUT2D eigenvalue weighted by Crippen LogP contribution is 2.27. The summed E-state index contributed by atoms with van der Waals surface area (Å²) in [5.74, 6) is -1.51.